The van der Waals surface area contributed by atoms with E-state index in [0.717, 1.165) is 27.3 Å². The molecule has 7 heteroatoms. The summed E-state index contributed by atoms with van der Waals surface area (Å²) in [5.41, 5.74) is 2.22. The summed E-state index contributed by atoms with van der Waals surface area (Å²) in [4.78, 5) is 14.7. The largest absolute Gasteiger partial charge is 0.376 e. The van der Waals surface area contributed by atoms with Crippen molar-refractivity contribution >= 4 is 38.9 Å². The van der Waals surface area contributed by atoms with E-state index >= 15 is 0 Å². The summed E-state index contributed by atoms with van der Waals surface area (Å²) < 4.78 is 23.5. The number of sulfone groups is 1. The van der Waals surface area contributed by atoms with Gasteiger partial charge in [0.25, 0.3) is 0 Å². The average Bonchev–Trinajstić information content (AvgIpc) is 2.69. The number of nitrogens with one attached hydrogen (secondary N) is 2. The molecular formula is C22H22N2O3S2. The predicted molar refractivity (Wildman–Crippen MR) is 118 cm³/mol. The zero-order valence-corrected chi connectivity index (χ0v) is 17.8. The van der Waals surface area contributed by atoms with Crippen LogP contribution in [0.4, 0.5) is 11.4 Å². The molecule has 2 N–H and O–H groups in total. The van der Waals surface area contributed by atoms with Gasteiger partial charge in [-0.05, 0) is 48.9 Å². The molecule has 0 unspecified atom stereocenters. The van der Waals surface area contributed by atoms with Crippen LogP contribution in [-0.2, 0) is 14.6 Å². The van der Waals surface area contributed by atoms with E-state index in [2.05, 4.69) is 10.6 Å². The molecule has 0 spiro atoms. The highest BCUT2D eigenvalue weighted by atomic mass is 32.2. The minimum absolute atomic E-state index is 0.0262. The van der Waals surface area contributed by atoms with Crippen LogP contribution in [-0.4, -0.2) is 27.1 Å². The Bertz CT molecular complexity index is 1110. The van der Waals surface area contributed by atoms with E-state index in [9.17, 15) is 13.2 Å². The molecular weight excluding hydrogens is 404 g/mol. The topological polar surface area (TPSA) is 75.3 Å². The molecule has 0 heterocycles. The van der Waals surface area contributed by atoms with Gasteiger partial charge in [0.15, 0.2) is 9.84 Å². The van der Waals surface area contributed by atoms with Gasteiger partial charge in [0.05, 0.1) is 17.1 Å². The molecule has 150 valence electrons. The molecule has 3 rings (SSSR count). The van der Waals surface area contributed by atoms with Gasteiger partial charge in [-0.25, -0.2) is 8.42 Å². The summed E-state index contributed by atoms with van der Waals surface area (Å²) >= 11 is 1.58. The smallest absolute Gasteiger partial charge is 0.243 e. The molecule has 29 heavy (non-hydrogen) atoms. The van der Waals surface area contributed by atoms with Gasteiger partial charge < -0.3 is 10.6 Å². The van der Waals surface area contributed by atoms with E-state index < -0.39 is 9.84 Å². The summed E-state index contributed by atoms with van der Waals surface area (Å²) in [6.45, 7) is 1.89. The third-order valence-electron chi connectivity index (χ3n) is 4.21. The fourth-order valence-electron chi connectivity index (χ4n) is 2.67. The number of carbonyl (C=O) groups is 1. The minimum Gasteiger partial charge on any atom is -0.376 e. The van der Waals surface area contributed by atoms with Crippen molar-refractivity contribution in [3.63, 3.8) is 0 Å². The monoisotopic (exact) mass is 426 g/mol. The normalized spacial score (nSPS) is 11.1. The van der Waals surface area contributed by atoms with Crippen LogP contribution in [0.1, 0.15) is 5.56 Å². The number of hydrogen-bond acceptors (Lipinski definition) is 5. The Balaban J connectivity index is 1.68. The third kappa shape index (κ3) is 5.85. The third-order valence-corrected chi connectivity index (χ3v) is 6.40. The minimum atomic E-state index is -3.31. The first-order valence-electron chi connectivity index (χ1n) is 8.99. The molecule has 5 nitrogen and oxygen atoms in total. The Morgan fingerprint density at radius 2 is 1.62 bits per heavy atom. The van der Waals surface area contributed by atoms with Gasteiger partial charge in [-0.2, -0.15) is 0 Å². The van der Waals surface area contributed by atoms with Crippen LogP contribution < -0.4 is 10.6 Å². The second-order valence-corrected chi connectivity index (χ2v) is 9.69. The zero-order chi connectivity index (χ0) is 20.9. The first kappa shape index (κ1) is 21.0. The van der Waals surface area contributed by atoms with E-state index in [0.29, 0.717) is 5.69 Å². The number of hydrogen-bond donors (Lipinski definition) is 2. The van der Waals surface area contributed by atoms with Crippen LogP contribution in [0.5, 0.6) is 0 Å². The predicted octanol–water partition coefficient (Wildman–Crippen LogP) is 4.60. The van der Waals surface area contributed by atoms with E-state index in [-0.39, 0.29) is 17.3 Å². The van der Waals surface area contributed by atoms with E-state index in [1.54, 1.807) is 30.0 Å². The van der Waals surface area contributed by atoms with Crippen molar-refractivity contribution in [2.75, 3.05) is 23.4 Å². The van der Waals surface area contributed by atoms with Crippen LogP contribution in [0.2, 0.25) is 0 Å². The van der Waals surface area contributed by atoms with Crippen LogP contribution >= 0.6 is 11.8 Å². The van der Waals surface area contributed by atoms with E-state index in [1.165, 1.54) is 0 Å². The van der Waals surface area contributed by atoms with Crippen molar-refractivity contribution in [1.29, 1.82) is 0 Å². The number of para-hydroxylation sites is 1. The molecule has 0 aliphatic rings. The fraction of sp³-hybridized carbons (Fsp3) is 0.136. The van der Waals surface area contributed by atoms with Crippen LogP contribution in [0, 0.1) is 6.92 Å². The van der Waals surface area contributed by atoms with Gasteiger partial charge in [0.1, 0.15) is 0 Å². The molecule has 0 saturated carbocycles. The maximum atomic E-state index is 12.5. The van der Waals surface area contributed by atoms with Crippen LogP contribution in [0.25, 0.3) is 0 Å². The lowest BCUT2D eigenvalue weighted by Crippen LogP contribution is -2.22. The molecule has 3 aromatic rings. The Morgan fingerprint density at radius 1 is 0.931 bits per heavy atom. The molecule has 0 aliphatic heterocycles. The summed E-state index contributed by atoms with van der Waals surface area (Å²) in [7, 11) is -3.31. The first-order valence-corrected chi connectivity index (χ1v) is 11.7. The molecule has 0 aromatic heterocycles. The number of amides is 1. The lowest BCUT2D eigenvalue weighted by atomic mass is 10.2. The Morgan fingerprint density at radius 3 is 2.34 bits per heavy atom. The molecule has 1 amide bonds. The molecule has 3 aromatic carbocycles. The van der Waals surface area contributed by atoms with Crippen molar-refractivity contribution in [3.05, 3.63) is 78.4 Å². The highest BCUT2D eigenvalue weighted by Gasteiger charge is 2.11. The maximum Gasteiger partial charge on any atom is 0.243 e. The van der Waals surface area contributed by atoms with E-state index in [4.69, 9.17) is 0 Å². The fourth-order valence-corrected chi connectivity index (χ4v) is 4.24. The van der Waals surface area contributed by atoms with Gasteiger partial charge >= 0.3 is 0 Å². The van der Waals surface area contributed by atoms with Gasteiger partial charge in [-0.1, -0.05) is 48.2 Å². The van der Waals surface area contributed by atoms with E-state index in [1.807, 2.05) is 61.5 Å². The highest BCUT2D eigenvalue weighted by molar-refractivity contribution is 7.99. The lowest BCUT2D eigenvalue weighted by molar-refractivity contribution is -0.114. The van der Waals surface area contributed by atoms with Gasteiger partial charge in [0.2, 0.25) is 5.91 Å². The molecule has 0 aliphatic carbocycles. The molecule has 0 bridgehead atoms. The van der Waals surface area contributed by atoms with Crippen molar-refractivity contribution < 1.29 is 13.2 Å². The first-order chi connectivity index (χ1) is 13.8. The van der Waals surface area contributed by atoms with Crippen molar-refractivity contribution in [3.8, 4) is 0 Å². The standard InChI is InChI=1S/C22H22N2O3S2/c1-16-12-13-18(29(2,26)27)14-20(16)23-15-22(25)24-19-10-6-7-11-21(19)28-17-8-4-3-5-9-17/h3-14,23H,15H2,1-2H3,(H,24,25). The summed E-state index contributed by atoms with van der Waals surface area (Å²) in [5, 5.41) is 5.96. The summed E-state index contributed by atoms with van der Waals surface area (Å²) in [6.07, 6.45) is 1.16. The number of benzene rings is 3. The second-order valence-electron chi connectivity index (χ2n) is 6.56. The Labute approximate surface area is 175 Å². The molecule has 0 radical (unpaired) electrons. The Kier molecular flexibility index (Phi) is 6.61. The van der Waals surface area contributed by atoms with Crippen LogP contribution in [0.15, 0.2) is 87.5 Å². The maximum absolute atomic E-state index is 12.5. The highest BCUT2D eigenvalue weighted by Crippen LogP contribution is 2.33. The molecule has 0 saturated heterocycles. The summed E-state index contributed by atoms with van der Waals surface area (Å²) in [5.74, 6) is -0.213. The van der Waals surface area contributed by atoms with Gasteiger partial charge in [0, 0.05) is 21.7 Å². The zero-order valence-electron chi connectivity index (χ0n) is 16.2. The SMILES string of the molecule is Cc1ccc(S(C)(=O)=O)cc1NCC(=O)Nc1ccccc1Sc1ccccc1. The van der Waals surface area contributed by atoms with Gasteiger partial charge in [-0.3, -0.25) is 4.79 Å². The number of anilines is 2. The molecule has 0 atom stereocenters. The number of carbonyl (C=O) groups excluding carboxylic acids is 1. The number of aryl methyl sites for hydroxylation is 1. The van der Waals surface area contributed by atoms with Crippen molar-refractivity contribution in [2.24, 2.45) is 0 Å². The Hall–Kier alpha value is -2.77. The van der Waals surface area contributed by atoms with Crippen molar-refractivity contribution in [2.45, 2.75) is 21.6 Å². The van der Waals surface area contributed by atoms with Gasteiger partial charge in [-0.15, -0.1) is 0 Å². The van der Waals surface area contributed by atoms with Crippen LogP contribution in [0.3, 0.4) is 0 Å². The summed E-state index contributed by atoms with van der Waals surface area (Å²) in [6, 6.07) is 22.4. The second kappa shape index (κ2) is 9.15. The molecule has 0 fully saturated rings. The number of rotatable bonds is 7. The lowest BCUT2D eigenvalue weighted by Gasteiger charge is -2.13. The quantitative estimate of drug-likeness (QED) is 0.577. The van der Waals surface area contributed by atoms with Crippen molar-refractivity contribution in [1.82, 2.24) is 0 Å². The average molecular weight is 427 g/mol.